The average molecular weight is 203 g/mol. The van der Waals surface area contributed by atoms with Crippen LogP contribution in [0.15, 0.2) is 18.2 Å². The number of benzene rings is 1. The Hall–Kier alpha value is -1.46. The maximum Gasteiger partial charge on any atom is 0.119 e. The summed E-state index contributed by atoms with van der Waals surface area (Å²) in [6, 6.07) is 5.81. The van der Waals surface area contributed by atoms with Crippen molar-refractivity contribution in [3.8, 4) is 17.6 Å². The van der Waals surface area contributed by atoms with Gasteiger partial charge in [0.1, 0.15) is 5.75 Å². The van der Waals surface area contributed by atoms with Crippen LogP contribution < -0.4 is 10.5 Å². The summed E-state index contributed by atoms with van der Waals surface area (Å²) in [6.45, 7) is 4.05. The van der Waals surface area contributed by atoms with Crippen LogP contribution in [-0.2, 0) is 0 Å². The molecule has 0 heterocycles. The van der Waals surface area contributed by atoms with Gasteiger partial charge in [0.2, 0.25) is 0 Å². The number of hydrogen-bond acceptors (Lipinski definition) is 2. The van der Waals surface area contributed by atoms with E-state index in [-0.39, 0.29) is 6.04 Å². The Bertz CT molecular complexity index is 387. The van der Waals surface area contributed by atoms with Gasteiger partial charge < -0.3 is 10.5 Å². The fourth-order valence-corrected chi connectivity index (χ4v) is 1.18. The molecule has 15 heavy (non-hydrogen) atoms. The molecule has 1 aromatic carbocycles. The highest BCUT2D eigenvalue weighted by molar-refractivity contribution is 5.45. The summed E-state index contributed by atoms with van der Waals surface area (Å²) in [5, 5.41) is 0. The highest BCUT2D eigenvalue weighted by Crippen LogP contribution is 2.15. The molecule has 0 aliphatic rings. The molecule has 0 radical (unpaired) electrons. The molecule has 0 amide bonds. The van der Waals surface area contributed by atoms with Gasteiger partial charge in [-0.25, -0.2) is 0 Å². The van der Waals surface area contributed by atoms with Crippen molar-refractivity contribution in [3.05, 3.63) is 29.3 Å². The number of aryl methyl sites for hydroxylation is 1. The van der Waals surface area contributed by atoms with Gasteiger partial charge >= 0.3 is 0 Å². The van der Waals surface area contributed by atoms with Gasteiger partial charge in [0.15, 0.2) is 0 Å². The highest BCUT2D eigenvalue weighted by Gasteiger charge is 1.97. The van der Waals surface area contributed by atoms with Crippen molar-refractivity contribution in [1.82, 2.24) is 0 Å². The van der Waals surface area contributed by atoms with Crippen LogP contribution in [0.2, 0.25) is 0 Å². The molecule has 0 bridgehead atoms. The molecule has 0 saturated carbocycles. The van der Waals surface area contributed by atoms with Gasteiger partial charge in [-0.15, -0.1) is 0 Å². The molecule has 0 spiro atoms. The van der Waals surface area contributed by atoms with Crippen LogP contribution in [0.25, 0.3) is 0 Å². The second-order valence-corrected chi connectivity index (χ2v) is 3.46. The van der Waals surface area contributed by atoms with Gasteiger partial charge in [-0.1, -0.05) is 18.8 Å². The Balaban J connectivity index is 2.90. The van der Waals surface area contributed by atoms with Gasteiger partial charge in [0, 0.05) is 5.56 Å². The minimum Gasteiger partial charge on any atom is -0.497 e. The van der Waals surface area contributed by atoms with Crippen molar-refractivity contribution in [2.24, 2.45) is 5.73 Å². The lowest BCUT2D eigenvalue weighted by atomic mass is 10.1. The number of ether oxygens (including phenoxy) is 1. The van der Waals surface area contributed by atoms with Gasteiger partial charge in [0.05, 0.1) is 13.2 Å². The van der Waals surface area contributed by atoms with Crippen molar-refractivity contribution < 1.29 is 4.74 Å². The molecule has 0 fully saturated rings. The van der Waals surface area contributed by atoms with Crippen molar-refractivity contribution in [2.45, 2.75) is 26.3 Å². The molecular weight excluding hydrogens is 186 g/mol. The number of methoxy groups -OCH3 is 1. The zero-order chi connectivity index (χ0) is 11.3. The summed E-state index contributed by atoms with van der Waals surface area (Å²) >= 11 is 0. The maximum atomic E-state index is 5.73. The second kappa shape index (κ2) is 5.43. The molecule has 80 valence electrons. The third-order valence-electron chi connectivity index (χ3n) is 2.27. The van der Waals surface area contributed by atoms with Crippen molar-refractivity contribution in [2.75, 3.05) is 7.11 Å². The first-order chi connectivity index (χ1) is 7.17. The van der Waals surface area contributed by atoms with Crippen LogP contribution in [0.3, 0.4) is 0 Å². The minimum absolute atomic E-state index is 0.0356. The van der Waals surface area contributed by atoms with Crippen LogP contribution in [0.5, 0.6) is 5.75 Å². The van der Waals surface area contributed by atoms with Gasteiger partial charge in [-0.3, -0.25) is 0 Å². The van der Waals surface area contributed by atoms with Crippen molar-refractivity contribution in [1.29, 1.82) is 0 Å². The average Bonchev–Trinajstić information content (AvgIpc) is 2.26. The minimum atomic E-state index is -0.0356. The van der Waals surface area contributed by atoms with E-state index in [1.807, 2.05) is 32.0 Å². The van der Waals surface area contributed by atoms with E-state index in [9.17, 15) is 0 Å². The quantitative estimate of drug-likeness (QED) is 0.747. The summed E-state index contributed by atoms with van der Waals surface area (Å²) in [4.78, 5) is 0. The lowest BCUT2D eigenvalue weighted by Gasteiger charge is -2.03. The lowest BCUT2D eigenvalue weighted by Crippen LogP contribution is -2.15. The molecule has 2 nitrogen and oxygen atoms in total. The Kier molecular flexibility index (Phi) is 4.20. The first-order valence-electron chi connectivity index (χ1n) is 5.09. The zero-order valence-electron chi connectivity index (χ0n) is 9.50. The number of hydrogen-bond donors (Lipinski definition) is 1. The first-order valence-corrected chi connectivity index (χ1v) is 5.09. The van der Waals surface area contributed by atoms with E-state index < -0.39 is 0 Å². The SMILES string of the molecule is CCC(N)C#Cc1ccc(OC)cc1C. The van der Waals surface area contributed by atoms with Crippen molar-refractivity contribution >= 4 is 0 Å². The molecule has 1 atom stereocenters. The van der Waals surface area contributed by atoms with E-state index in [1.54, 1.807) is 7.11 Å². The fourth-order valence-electron chi connectivity index (χ4n) is 1.18. The van der Waals surface area contributed by atoms with Crippen LogP contribution in [0.4, 0.5) is 0 Å². The number of nitrogens with two attached hydrogens (primary N) is 1. The van der Waals surface area contributed by atoms with Crippen LogP contribution in [-0.4, -0.2) is 13.2 Å². The lowest BCUT2D eigenvalue weighted by molar-refractivity contribution is 0.414. The van der Waals surface area contributed by atoms with E-state index in [0.29, 0.717) is 0 Å². The Labute approximate surface area is 91.4 Å². The van der Waals surface area contributed by atoms with Crippen LogP contribution >= 0.6 is 0 Å². The summed E-state index contributed by atoms with van der Waals surface area (Å²) < 4.78 is 5.12. The topological polar surface area (TPSA) is 35.2 Å². The zero-order valence-corrected chi connectivity index (χ0v) is 9.50. The monoisotopic (exact) mass is 203 g/mol. The second-order valence-electron chi connectivity index (χ2n) is 3.46. The Morgan fingerprint density at radius 3 is 2.73 bits per heavy atom. The maximum absolute atomic E-state index is 5.73. The van der Waals surface area contributed by atoms with E-state index in [1.165, 1.54) is 0 Å². The molecule has 1 aromatic rings. The van der Waals surface area contributed by atoms with Gasteiger partial charge in [-0.2, -0.15) is 0 Å². The summed E-state index contributed by atoms with van der Waals surface area (Å²) in [7, 11) is 1.66. The first kappa shape index (κ1) is 11.6. The Morgan fingerprint density at radius 1 is 1.47 bits per heavy atom. The molecule has 0 aromatic heterocycles. The predicted molar refractivity (Wildman–Crippen MR) is 62.9 cm³/mol. The van der Waals surface area contributed by atoms with E-state index >= 15 is 0 Å². The summed E-state index contributed by atoms with van der Waals surface area (Å²) in [6.07, 6.45) is 0.877. The number of rotatable bonds is 2. The predicted octanol–water partition coefficient (Wildman–Crippen LogP) is 2.09. The normalized spacial score (nSPS) is 11.5. The largest absolute Gasteiger partial charge is 0.497 e. The van der Waals surface area contributed by atoms with Gasteiger partial charge in [-0.05, 0) is 37.1 Å². The van der Waals surface area contributed by atoms with Crippen molar-refractivity contribution in [3.63, 3.8) is 0 Å². The van der Waals surface area contributed by atoms with Crippen LogP contribution in [0.1, 0.15) is 24.5 Å². The molecule has 2 N–H and O–H groups in total. The molecule has 0 aliphatic heterocycles. The van der Waals surface area contributed by atoms with Crippen LogP contribution in [0, 0.1) is 18.8 Å². The standard InChI is InChI=1S/C13H17NO/c1-4-12(14)7-5-11-6-8-13(15-3)9-10(11)2/h6,8-9,12H,4,14H2,1-3H3. The summed E-state index contributed by atoms with van der Waals surface area (Å²) in [5.74, 6) is 6.96. The smallest absolute Gasteiger partial charge is 0.119 e. The molecule has 0 saturated heterocycles. The van der Waals surface area contributed by atoms with E-state index in [4.69, 9.17) is 10.5 Å². The summed E-state index contributed by atoms with van der Waals surface area (Å²) in [5.41, 5.74) is 7.86. The van der Waals surface area contributed by atoms with Gasteiger partial charge in [0.25, 0.3) is 0 Å². The molecule has 0 aliphatic carbocycles. The highest BCUT2D eigenvalue weighted by atomic mass is 16.5. The van der Waals surface area contributed by atoms with E-state index in [2.05, 4.69) is 11.8 Å². The van der Waals surface area contributed by atoms with E-state index in [0.717, 1.165) is 23.3 Å². The third kappa shape index (κ3) is 3.30. The molecular formula is C13H17NO. The molecule has 2 heteroatoms. The molecule has 1 unspecified atom stereocenters. The fraction of sp³-hybridized carbons (Fsp3) is 0.385. The Morgan fingerprint density at radius 2 is 2.20 bits per heavy atom. The third-order valence-corrected chi connectivity index (χ3v) is 2.27. The molecule has 1 rings (SSSR count).